The van der Waals surface area contributed by atoms with E-state index < -0.39 is 29.1 Å². The molecule has 1 saturated heterocycles. The third-order valence-electron chi connectivity index (χ3n) is 6.08. The Morgan fingerprint density at radius 3 is 2.78 bits per heavy atom. The van der Waals surface area contributed by atoms with Gasteiger partial charge in [-0.05, 0) is 26.2 Å². The van der Waals surface area contributed by atoms with E-state index in [2.05, 4.69) is 6.58 Å². The van der Waals surface area contributed by atoms with E-state index in [1.165, 1.54) is 6.92 Å². The first-order valence-electron chi connectivity index (χ1n) is 8.00. The van der Waals surface area contributed by atoms with Gasteiger partial charge < -0.3 is 14.6 Å². The van der Waals surface area contributed by atoms with Gasteiger partial charge in [-0.15, -0.1) is 0 Å². The fourth-order valence-electron chi connectivity index (χ4n) is 4.61. The highest BCUT2D eigenvalue weighted by atomic mass is 16.6. The number of Topliss-reactive ketones (excluding diaryl/α,β-unsaturated/α-hetero) is 1. The lowest BCUT2D eigenvalue weighted by Crippen LogP contribution is -2.57. The SMILES string of the molecule is C=C1C(=O)O[C@@H]2[C@H]1CC[C@H](COC(C)=O)[C@]1(O)CCC(=O)[C@]21C. The number of hydrogen-bond acceptors (Lipinski definition) is 6. The van der Waals surface area contributed by atoms with Crippen molar-refractivity contribution in [3.05, 3.63) is 12.2 Å². The van der Waals surface area contributed by atoms with Crippen LogP contribution < -0.4 is 0 Å². The molecule has 3 rings (SSSR count). The summed E-state index contributed by atoms with van der Waals surface area (Å²) < 4.78 is 10.6. The first-order chi connectivity index (χ1) is 10.7. The summed E-state index contributed by atoms with van der Waals surface area (Å²) in [5.41, 5.74) is -2.16. The number of hydrogen-bond donors (Lipinski definition) is 1. The van der Waals surface area contributed by atoms with Gasteiger partial charge in [0.1, 0.15) is 11.9 Å². The summed E-state index contributed by atoms with van der Waals surface area (Å²) in [5.74, 6) is -1.64. The average Bonchev–Trinajstić information content (AvgIpc) is 2.87. The zero-order chi connectivity index (χ0) is 17.0. The summed E-state index contributed by atoms with van der Waals surface area (Å²) >= 11 is 0. The van der Waals surface area contributed by atoms with Crippen LogP contribution in [0.1, 0.15) is 39.5 Å². The maximum atomic E-state index is 12.6. The van der Waals surface area contributed by atoms with Gasteiger partial charge in [-0.3, -0.25) is 9.59 Å². The van der Waals surface area contributed by atoms with Crippen molar-refractivity contribution in [2.45, 2.75) is 51.2 Å². The zero-order valence-corrected chi connectivity index (χ0v) is 13.5. The second kappa shape index (κ2) is 5.16. The van der Waals surface area contributed by atoms with Crippen molar-refractivity contribution in [1.82, 2.24) is 0 Å². The lowest BCUT2D eigenvalue weighted by molar-refractivity contribution is -0.177. The topological polar surface area (TPSA) is 89.9 Å². The van der Waals surface area contributed by atoms with Crippen LogP contribution in [0.2, 0.25) is 0 Å². The van der Waals surface area contributed by atoms with E-state index in [1.807, 2.05) is 0 Å². The molecule has 1 N–H and O–H groups in total. The zero-order valence-electron chi connectivity index (χ0n) is 13.5. The first kappa shape index (κ1) is 16.2. The standard InChI is InChI=1S/C17H22O6/c1-9-12-5-4-11(8-22-10(2)18)17(21)7-6-13(19)16(17,3)14(12)23-15(9)20/h11-12,14,21H,1,4-8H2,2-3H3/t11-,12+,14-,16-,17-/m1/s1. The van der Waals surface area contributed by atoms with E-state index in [4.69, 9.17) is 9.47 Å². The van der Waals surface area contributed by atoms with Crippen LogP contribution in [0.25, 0.3) is 0 Å². The molecule has 126 valence electrons. The van der Waals surface area contributed by atoms with Gasteiger partial charge in [0.2, 0.25) is 0 Å². The van der Waals surface area contributed by atoms with Crippen LogP contribution in [-0.2, 0) is 23.9 Å². The molecule has 3 aliphatic rings. The Bertz CT molecular complexity index is 596. The van der Waals surface area contributed by atoms with Crippen molar-refractivity contribution in [3.63, 3.8) is 0 Å². The number of carbonyl (C=O) groups is 3. The van der Waals surface area contributed by atoms with E-state index in [1.54, 1.807) is 6.92 Å². The molecule has 0 aromatic heterocycles. The van der Waals surface area contributed by atoms with Crippen LogP contribution in [-0.4, -0.2) is 41.1 Å². The van der Waals surface area contributed by atoms with Gasteiger partial charge in [0.15, 0.2) is 0 Å². The normalized spacial score (nSPS) is 42.7. The molecule has 5 atom stereocenters. The predicted octanol–water partition coefficient (Wildman–Crippen LogP) is 1.16. The molecule has 0 aromatic rings. The van der Waals surface area contributed by atoms with Gasteiger partial charge in [0.05, 0.1) is 17.6 Å². The summed E-state index contributed by atoms with van der Waals surface area (Å²) in [6.07, 6.45) is 0.957. The Labute approximate surface area is 134 Å². The molecule has 2 saturated carbocycles. The molecule has 1 heterocycles. The smallest absolute Gasteiger partial charge is 0.334 e. The number of ketones is 1. The second-order valence-corrected chi connectivity index (χ2v) is 7.08. The van der Waals surface area contributed by atoms with Gasteiger partial charge in [-0.1, -0.05) is 6.58 Å². The van der Waals surface area contributed by atoms with Crippen molar-refractivity contribution < 1.29 is 29.0 Å². The summed E-state index contributed by atoms with van der Waals surface area (Å²) in [7, 11) is 0. The summed E-state index contributed by atoms with van der Waals surface area (Å²) in [6.45, 7) is 6.86. The van der Waals surface area contributed by atoms with Crippen molar-refractivity contribution in [1.29, 1.82) is 0 Å². The Morgan fingerprint density at radius 2 is 2.13 bits per heavy atom. The van der Waals surface area contributed by atoms with Gasteiger partial charge in [0, 0.05) is 30.8 Å². The summed E-state index contributed by atoms with van der Waals surface area (Å²) in [6, 6.07) is 0. The quantitative estimate of drug-likeness (QED) is 0.606. The first-order valence-corrected chi connectivity index (χ1v) is 8.00. The van der Waals surface area contributed by atoms with Crippen LogP contribution in [0, 0.1) is 17.3 Å². The number of ether oxygens (including phenoxy) is 2. The highest BCUT2D eigenvalue weighted by Gasteiger charge is 2.69. The molecular formula is C17H22O6. The Hall–Kier alpha value is -1.69. The molecule has 0 unspecified atom stereocenters. The minimum atomic E-state index is -1.34. The summed E-state index contributed by atoms with van der Waals surface area (Å²) in [4.78, 5) is 35.7. The van der Waals surface area contributed by atoms with Gasteiger partial charge in [-0.2, -0.15) is 0 Å². The van der Waals surface area contributed by atoms with E-state index in [-0.39, 0.29) is 30.6 Å². The van der Waals surface area contributed by atoms with E-state index in [9.17, 15) is 19.5 Å². The maximum absolute atomic E-state index is 12.6. The van der Waals surface area contributed by atoms with Crippen LogP contribution in [0.5, 0.6) is 0 Å². The largest absolute Gasteiger partial charge is 0.465 e. The van der Waals surface area contributed by atoms with Gasteiger partial charge in [-0.25, -0.2) is 4.79 Å². The summed E-state index contributed by atoms with van der Waals surface area (Å²) in [5, 5.41) is 11.4. The van der Waals surface area contributed by atoms with E-state index >= 15 is 0 Å². The third kappa shape index (κ3) is 2.07. The number of carbonyl (C=O) groups excluding carboxylic acids is 3. The highest BCUT2D eigenvalue weighted by Crippen LogP contribution is 2.58. The molecule has 0 aromatic carbocycles. The third-order valence-corrected chi connectivity index (χ3v) is 6.08. The van der Waals surface area contributed by atoms with E-state index in [0.717, 1.165) is 0 Å². The Kier molecular flexibility index (Phi) is 3.63. The molecule has 0 amide bonds. The fraction of sp³-hybridized carbons (Fsp3) is 0.706. The van der Waals surface area contributed by atoms with Gasteiger partial charge in [0.25, 0.3) is 0 Å². The molecule has 2 aliphatic carbocycles. The minimum absolute atomic E-state index is 0.0641. The van der Waals surface area contributed by atoms with Crippen molar-refractivity contribution >= 4 is 17.7 Å². The van der Waals surface area contributed by atoms with Crippen molar-refractivity contribution in [2.24, 2.45) is 17.3 Å². The second-order valence-electron chi connectivity index (χ2n) is 7.08. The lowest BCUT2D eigenvalue weighted by atomic mass is 9.65. The maximum Gasteiger partial charge on any atom is 0.334 e. The predicted molar refractivity (Wildman–Crippen MR) is 79.2 cm³/mol. The lowest BCUT2D eigenvalue weighted by Gasteiger charge is -2.44. The monoisotopic (exact) mass is 322 g/mol. The number of aliphatic hydroxyl groups is 1. The Balaban J connectivity index is 2.02. The molecule has 6 nitrogen and oxygen atoms in total. The molecule has 1 aliphatic heterocycles. The van der Waals surface area contributed by atoms with Crippen LogP contribution in [0.3, 0.4) is 0 Å². The van der Waals surface area contributed by atoms with Gasteiger partial charge >= 0.3 is 11.9 Å². The van der Waals surface area contributed by atoms with Crippen molar-refractivity contribution in [3.8, 4) is 0 Å². The molecule has 3 fully saturated rings. The number of fused-ring (bicyclic) bond motifs is 3. The van der Waals surface area contributed by atoms with Crippen molar-refractivity contribution in [2.75, 3.05) is 6.61 Å². The van der Waals surface area contributed by atoms with Crippen LogP contribution in [0.15, 0.2) is 12.2 Å². The molecule has 23 heavy (non-hydrogen) atoms. The molecule has 6 heteroatoms. The molecule has 0 spiro atoms. The molecular weight excluding hydrogens is 300 g/mol. The molecule has 0 bridgehead atoms. The van der Waals surface area contributed by atoms with Crippen LogP contribution in [0.4, 0.5) is 0 Å². The van der Waals surface area contributed by atoms with E-state index in [0.29, 0.717) is 24.8 Å². The number of esters is 2. The fourth-order valence-corrected chi connectivity index (χ4v) is 4.61. The molecule has 0 radical (unpaired) electrons. The highest BCUT2D eigenvalue weighted by molar-refractivity contribution is 5.94. The van der Waals surface area contributed by atoms with Crippen LogP contribution >= 0.6 is 0 Å². The minimum Gasteiger partial charge on any atom is -0.465 e. The Morgan fingerprint density at radius 1 is 1.43 bits per heavy atom. The number of rotatable bonds is 2. The average molecular weight is 322 g/mol.